The van der Waals surface area contributed by atoms with Crippen molar-refractivity contribution in [3.8, 4) is 0 Å². The van der Waals surface area contributed by atoms with Crippen LogP contribution in [0.2, 0.25) is 0 Å². The predicted octanol–water partition coefficient (Wildman–Crippen LogP) is 1.92. The van der Waals surface area contributed by atoms with E-state index in [9.17, 15) is 8.42 Å². The van der Waals surface area contributed by atoms with Crippen LogP contribution >= 0.6 is 0 Å². The number of nitrogens with one attached hydrogen (secondary N) is 1. The van der Waals surface area contributed by atoms with Crippen LogP contribution in [-0.2, 0) is 14.8 Å². The molecule has 1 heterocycles. The van der Waals surface area contributed by atoms with E-state index in [2.05, 4.69) is 12.2 Å². The van der Waals surface area contributed by atoms with Gasteiger partial charge in [-0.15, -0.1) is 0 Å². The van der Waals surface area contributed by atoms with Crippen LogP contribution in [0.15, 0.2) is 29.2 Å². The highest BCUT2D eigenvalue weighted by atomic mass is 32.2. The number of sulfonamides is 1. The summed E-state index contributed by atoms with van der Waals surface area (Å²) in [6.07, 6.45) is 1.69. The summed E-state index contributed by atoms with van der Waals surface area (Å²) in [7, 11) is -3.46. The third-order valence-electron chi connectivity index (χ3n) is 3.25. The molecule has 1 N–H and O–H groups in total. The lowest BCUT2D eigenvalue weighted by atomic mass is 10.3. The molecule has 0 aliphatic carbocycles. The Morgan fingerprint density at radius 2 is 2.05 bits per heavy atom. The van der Waals surface area contributed by atoms with E-state index in [4.69, 9.17) is 4.74 Å². The van der Waals surface area contributed by atoms with E-state index in [0.717, 1.165) is 19.4 Å². The summed E-state index contributed by atoms with van der Waals surface area (Å²) in [6, 6.07) is 7.09. The Morgan fingerprint density at radius 3 is 2.85 bits per heavy atom. The van der Waals surface area contributed by atoms with E-state index >= 15 is 0 Å². The smallest absolute Gasteiger partial charge is 0.245 e. The summed E-state index contributed by atoms with van der Waals surface area (Å²) in [5.74, 6) is 0. The molecule has 0 bridgehead atoms. The van der Waals surface area contributed by atoms with E-state index < -0.39 is 10.0 Å². The van der Waals surface area contributed by atoms with E-state index in [-0.39, 0.29) is 0 Å². The summed E-state index contributed by atoms with van der Waals surface area (Å²) >= 11 is 0. The monoisotopic (exact) mass is 298 g/mol. The van der Waals surface area contributed by atoms with Crippen molar-refractivity contribution < 1.29 is 13.2 Å². The van der Waals surface area contributed by atoms with Crippen LogP contribution in [0.3, 0.4) is 0 Å². The van der Waals surface area contributed by atoms with Gasteiger partial charge in [0.05, 0.1) is 12.3 Å². The average molecular weight is 298 g/mol. The minimum absolute atomic E-state index is 0.357. The summed E-state index contributed by atoms with van der Waals surface area (Å²) in [5.41, 5.74) is 0.680. The first-order valence-electron chi connectivity index (χ1n) is 7.07. The van der Waals surface area contributed by atoms with Crippen molar-refractivity contribution in [1.82, 2.24) is 4.31 Å². The van der Waals surface area contributed by atoms with Crippen molar-refractivity contribution >= 4 is 15.7 Å². The molecule has 1 aromatic rings. The van der Waals surface area contributed by atoms with Gasteiger partial charge in [-0.2, -0.15) is 4.31 Å². The molecule has 1 saturated heterocycles. The van der Waals surface area contributed by atoms with Gasteiger partial charge in [0, 0.05) is 26.2 Å². The molecule has 6 heteroatoms. The fraction of sp³-hybridized carbons (Fsp3) is 0.571. The number of anilines is 1. The molecular weight excluding hydrogens is 276 g/mol. The molecule has 1 aromatic carbocycles. The zero-order chi connectivity index (χ0) is 14.4. The Hall–Kier alpha value is -1.11. The van der Waals surface area contributed by atoms with Gasteiger partial charge in [0.2, 0.25) is 10.0 Å². The highest BCUT2D eigenvalue weighted by Crippen LogP contribution is 2.25. The van der Waals surface area contributed by atoms with Gasteiger partial charge in [-0.05, 0) is 25.0 Å². The maximum atomic E-state index is 12.8. The predicted molar refractivity (Wildman–Crippen MR) is 79.4 cm³/mol. The largest absolute Gasteiger partial charge is 0.384 e. The third-order valence-corrected chi connectivity index (χ3v) is 5.21. The second-order valence-corrected chi connectivity index (χ2v) is 6.70. The number of rotatable bonds is 5. The van der Waals surface area contributed by atoms with Gasteiger partial charge < -0.3 is 10.1 Å². The highest BCUT2D eigenvalue weighted by Gasteiger charge is 2.27. The lowest BCUT2D eigenvalue weighted by Gasteiger charge is -2.21. The molecule has 1 aliphatic heterocycles. The fourth-order valence-corrected chi connectivity index (χ4v) is 3.83. The Balaban J connectivity index is 2.28. The summed E-state index contributed by atoms with van der Waals surface area (Å²) < 4.78 is 32.4. The van der Waals surface area contributed by atoms with Crippen molar-refractivity contribution in [2.75, 3.05) is 38.2 Å². The summed E-state index contributed by atoms with van der Waals surface area (Å²) in [6.45, 7) is 4.84. The lowest BCUT2D eigenvalue weighted by Crippen LogP contribution is -2.33. The molecule has 0 radical (unpaired) electrons. The second kappa shape index (κ2) is 7.06. The zero-order valence-corrected chi connectivity index (χ0v) is 12.7. The van der Waals surface area contributed by atoms with Crippen LogP contribution in [0.1, 0.15) is 19.8 Å². The number of benzene rings is 1. The van der Waals surface area contributed by atoms with Crippen LogP contribution in [0.5, 0.6) is 0 Å². The normalized spacial score (nSPS) is 17.6. The number of ether oxygens (including phenoxy) is 1. The molecular formula is C14H22N2O3S. The van der Waals surface area contributed by atoms with Gasteiger partial charge in [-0.3, -0.25) is 0 Å². The standard InChI is InChI=1S/C14H22N2O3S/c1-2-8-15-13-6-3-4-7-14(13)20(17,18)16-9-5-11-19-12-10-16/h3-4,6-7,15H,2,5,8-12H2,1H3. The van der Waals surface area contributed by atoms with Crippen LogP contribution in [0, 0.1) is 0 Å². The fourth-order valence-electron chi connectivity index (χ4n) is 2.20. The molecule has 0 saturated carbocycles. The van der Waals surface area contributed by atoms with Gasteiger partial charge in [0.15, 0.2) is 0 Å². The van der Waals surface area contributed by atoms with Gasteiger partial charge >= 0.3 is 0 Å². The average Bonchev–Trinajstić information content (AvgIpc) is 2.75. The van der Waals surface area contributed by atoms with Crippen molar-refractivity contribution in [3.63, 3.8) is 0 Å². The van der Waals surface area contributed by atoms with Crippen LogP contribution < -0.4 is 5.32 Å². The maximum absolute atomic E-state index is 12.8. The SMILES string of the molecule is CCCNc1ccccc1S(=O)(=O)N1CCCOCC1. The minimum Gasteiger partial charge on any atom is -0.384 e. The van der Waals surface area contributed by atoms with Gasteiger partial charge in [-0.1, -0.05) is 19.1 Å². The van der Waals surface area contributed by atoms with Crippen molar-refractivity contribution in [1.29, 1.82) is 0 Å². The topological polar surface area (TPSA) is 58.6 Å². The highest BCUT2D eigenvalue weighted by molar-refractivity contribution is 7.89. The van der Waals surface area contributed by atoms with Crippen LogP contribution in [-0.4, -0.2) is 45.6 Å². The van der Waals surface area contributed by atoms with Crippen molar-refractivity contribution in [2.24, 2.45) is 0 Å². The molecule has 112 valence electrons. The molecule has 5 nitrogen and oxygen atoms in total. The van der Waals surface area contributed by atoms with E-state index in [1.807, 2.05) is 12.1 Å². The number of nitrogens with zero attached hydrogens (tertiary/aromatic N) is 1. The number of hydrogen-bond donors (Lipinski definition) is 1. The Bertz CT molecular complexity index is 523. The molecule has 0 atom stereocenters. The molecule has 0 amide bonds. The molecule has 2 rings (SSSR count). The molecule has 0 spiro atoms. The Labute approximate surface area is 121 Å². The van der Waals surface area contributed by atoms with E-state index in [1.54, 1.807) is 12.1 Å². The molecule has 0 unspecified atom stereocenters. The summed E-state index contributed by atoms with van der Waals surface area (Å²) in [4.78, 5) is 0.357. The van der Waals surface area contributed by atoms with E-state index in [0.29, 0.717) is 36.9 Å². The molecule has 0 aromatic heterocycles. The first kappa shape index (κ1) is 15.3. The minimum atomic E-state index is -3.46. The van der Waals surface area contributed by atoms with Gasteiger partial charge in [-0.25, -0.2) is 8.42 Å². The number of hydrogen-bond acceptors (Lipinski definition) is 4. The third kappa shape index (κ3) is 3.50. The first-order chi connectivity index (χ1) is 9.66. The molecule has 20 heavy (non-hydrogen) atoms. The van der Waals surface area contributed by atoms with Crippen LogP contribution in [0.25, 0.3) is 0 Å². The van der Waals surface area contributed by atoms with Gasteiger partial charge in [0.1, 0.15) is 4.90 Å². The Kier molecular flexibility index (Phi) is 5.39. The van der Waals surface area contributed by atoms with E-state index in [1.165, 1.54) is 4.31 Å². The van der Waals surface area contributed by atoms with Crippen molar-refractivity contribution in [3.05, 3.63) is 24.3 Å². The lowest BCUT2D eigenvalue weighted by molar-refractivity contribution is 0.148. The van der Waals surface area contributed by atoms with Crippen LogP contribution in [0.4, 0.5) is 5.69 Å². The summed E-state index contributed by atoms with van der Waals surface area (Å²) in [5, 5.41) is 3.19. The molecule has 1 fully saturated rings. The second-order valence-electron chi connectivity index (χ2n) is 4.79. The quantitative estimate of drug-likeness (QED) is 0.902. The molecule has 1 aliphatic rings. The van der Waals surface area contributed by atoms with Crippen molar-refractivity contribution in [2.45, 2.75) is 24.7 Å². The maximum Gasteiger partial charge on any atom is 0.245 e. The first-order valence-corrected chi connectivity index (χ1v) is 8.51. The zero-order valence-electron chi connectivity index (χ0n) is 11.8. The van der Waals surface area contributed by atoms with Gasteiger partial charge in [0.25, 0.3) is 0 Å². The number of para-hydroxylation sites is 1. The Morgan fingerprint density at radius 1 is 1.25 bits per heavy atom.